The quantitative estimate of drug-likeness (QED) is 0.882. The minimum atomic E-state index is -0.0342. The van der Waals surface area contributed by atoms with E-state index in [2.05, 4.69) is 14.9 Å². The van der Waals surface area contributed by atoms with Crippen LogP contribution in [-0.2, 0) is 9.47 Å². The molecule has 0 atom stereocenters. The molecule has 6 nitrogen and oxygen atoms in total. The van der Waals surface area contributed by atoms with E-state index in [4.69, 9.17) is 26.8 Å². The highest BCUT2D eigenvalue weighted by atomic mass is 35.5. The molecule has 0 spiro atoms. The van der Waals surface area contributed by atoms with Gasteiger partial charge in [-0.05, 0) is 12.8 Å². The van der Waals surface area contributed by atoms with Gasteiger partial charge in [0, 0.05) is 19.0 Å². The highest BCUT2D eigenvalue weighted by Gasteiger charge is 2.31. The summed E-state index contributed by atoms with van der Waals surface area (Å²) < 4.78 is 11.1. The van der Waals surface area contributed by atoms with Crippen LogP contribution < -0.4 is 10.6 Å². The predicted octanol–water partition coefficient (Wildman–Crippen LogP) is 1.30. The van der Waals surface area contributed by atoms with E-state index in [-0.39, 0.29) is 6.29 Å². The topological polar surface area (TPSA) is 73.5 Å². The van der Waals surface area contributed by atoms with Gasteiger partial charge in [0.05, 0.1) is 13.2 Å². The molecule has 1 aromatic rings. The molecule has 2 aliphatic rings. The molecule has 2 saturated heterocycles. The van der Waals surface area contributed by atoms with Crippen molar-refractivity contribution in [3.63, 3.8) is 0 Å². The van der Waals surface area contributed by atoms with Crippen LogP contribution in [0.25, 0.3) is 0 Å². The molecule has 2 fully saturated rings. The van der Waals surface area contributed by atoms with Crippen molar-refractivity contribution in [3.8, 4) is 0 Å². The van der Waals surface area contributed by atoms with E-state index in [1.165, 1.54) is 6.33 Å². The van der Waals surface area contributed by atoms with E-state index in [9.17, 15) is 0 Å². The lowest BCUT2D eigenvalue weighted by atomic mass is 9.96. The number of rotatable bonds is 2. The van der Waals surface area contributed by atoms with Gasteiger partial charge in [-0.1, -0.05) is 11.6 Å². The van der Waals surface area contributed by atoms with E-state index in [1.807, 2.05) is 0 Å². The smallest absolute Gasteiger partial charge is 0.160 e. The molecule has 3 rings (SSSR count). The highest BCUT2D eigenvalue weighted by molar-refractivity contribution is 6.35. The second-order valence-corrected chi connectivity index (χ2v) is 5.21. The second kappa shape index (κ2) is 5.48. The number of nitrogens with zero attached hydrogens (tertiary/aromatic N) is 3. The Morgan fingerprint density at radius 1 is 1.21 bits per heavy atom. The lowest BCUT2D eigenvalue weighted by molar-refractivity contribution is -0.0889. The first kappa shape index (κ1) is 12.9. The van der Waals surface area contributed by atoms with Crippen LogP contribution in [0.5, 0.6) is 0 Å². The van der Waals surface area contributed by atoms with Gasteiger partial charge in [0.25, 0.3) is 0 Å². The van der Waals surface area contributed by atoms with Gasteiger partial charge in [-0.15, -0.1) is 0 Å². The monoisotopic (exact) mass is 284 g/mol. The molecule has 0 unspecified atom stereocenters. The lowest BCUT2D eigenvalue weighted by Crippen LogP contribution is -2.38. The van der Waals surface area contributed by atoms with Crippen molar-refractivity contribution in [3.05, 3.63) is 11.3 Å². The van der Waals surface area contributed by atoms with Crippen molar-refractivity contribution < 1.29 is 9.47 Å². The van der Waals surface area contributed by atoms with Crippen molar-refractivity contribution in [2.75, 3.05) is 36.9 Å². The molecule has 2 aliphatic heterocycles. The summed E-state index contributed by atoms with van der Waals surface area (Å²) in [6.07, 6.45) is 3.43. The van der Waals surface area contributed by atoms with E-state index in [1.54, 1.807) is 0 Å². The number of nitrogen functional groups attached to an aromatic ring is 1. The van der Waals surface area contributed by atoms with E-state index < -0.39 is 0 Å². The first-order chi connectivity index (χ1) is 9.25. The van der Waals surface area contributed by atoms with Gasteiger partial charge >= 0.3 is 0 Å². The Hall–Kier alpha value is -1.11. The molecule has 0 aromatic carbocycles. The maximum absolute atomic E-state index is 6.15. The fourth-order valence-corrected chi connectivity index (χ4v) is 2.84. The van der Waals surface area contributed by atoms with Crippen molar-refractivity contribution in [2.45, 2.75) is 19.1 Å². The van der Waals surface area contributed by atoms with Gasteiger partial charge in [0.1, 0.15) is 17.2 Å². The number of hydrogen-bond acceptors (Lipinski definition) is 6. The maximum atomic E-state index is 6.15. The number of anilines is 2. The summed E-state index contributed by atoms with van der Waals surface area (Å²) >= 11 is 6.15. The molecule has 1 aromatic heterocycles. The average Bonchev–Trinajstić information content (AvgIpc) is 2.96. The molecule has 0 bridgehead atoms. The Kier molecular flexibility index (Phi) is 3.72. The van der Waals surface area contributed by atoms with Gasteiger partial charge < -0.3 is 20.1 Å². The van der Waals surface area contributed by atoms with Crippen LogP contribution in [0, 0.1) is 5.92 Å². The zero-order valence-electron chi connectivity index (χ0n) is 10.6. The van der Waals surface area contributed by atoms with Crippen LogP contribution in [0.1, 0.15) is 12.8 Å². The average molecular weight is 285 g/mol. The SMILES string of the molecule is Nc1ncnc(N2CCC(C3OCCO3)CC2)c1Cl. The van der Waals surface area contributed by atoms with Crippen LogP contribution in [0.15, 0.2) is 6.33 Å². The van der Waals surface area contributed by atoms with Crippen molar-refractivity contribution in [2.24, 2.45) is 5.92 Å². The number of nitrogens with two attached hydrogens (primary N) is 1. The summed E-state index contributed by atoms with van der Waals surface area (Å²) in [4.78, 5) is 10.3. The standard InChI is InChI=1S/C12H17ClN4O2/c13-9-10(14)15-7-16-11(9)17-3-1-8(2-4-17)12-18-5-6-19-12/h7-8,12H,1-6H2,(H2,14,15,16). The molecule has 0 amide bonds. The Morgan fingerprint density at radius 2 is 1.89 bits per heavy atom. The number of ether oxygens (including phenoxy) is 2. The molecular formula is C12H17ClN4O2. The summed E-state index contributed by atoms with van der Waals surface area (Å²) in [6, 6.07) is 0. The van der Waals surface area contributed by atoms with Crippen LogP contribution in [0.2, 0.25) is 5.02 Å². The molecular weight excluding hydrogens is 268 g/mol. The highest BCUT2D eigenvalue weighted by Crippen LogP contribution is 2.32. The van der Waals surface area contributed by atoms with E-state index >= 15 is 0 Å². The molecule has 3 heterocycles. The Labute approximate surface area is 116 Å². The molecule has 0 radical (unpaired) electrons. The van der Waals surface area contributed by atoms with E-state index in [0.717, 1.165) is 31.7 Å². The first-order valence-corrected chi connectivity index (χ1v) is 6.87. The van der Waals surface area contributed by atoms with Crippen molar-refractivity contribution in [1.82, 2.24) is 9.97 Å². The Bertz CT molecular complexity index is 445. The summed E-state index contributed by atoms with van der Waals surface area (Å²) in [7, 11) is 0. The van der Waals surface area contributed by atoms with Crippen LogP contribution in [-0.4, -0.2) is 42.6 Å². The Morgan fingerprint density at radius 3 is 2.58 bits per heavy atom. The molecule has 0 saturated carbocycles. The normalized spacial score (nSPS) is 22.1. The van der Waals surface area contributed by atoms with Crippen LogP contribution in [0.4, 0.5) is 11.6 Å². The van der Waals surface area contributed by atoms with Crippen LogP contribution >= 0.6 is 11.6 Å². The minimum Gasteiger partial charge on any atom is -0.382 e. The summed E-state index contributed by atoms with van der Waals surface area (Å²) in [5, 5.41) is 0.439. The second-order valence-electron chi connectivity index (χ2n) is 4.83. The van der Waals surface area contributed by atoms with E-state index in [0.29, 0.717) is 30.0 Å². The third-order valence-corrected chi connectivity index (χ3v) is 4.03. The molecule has 104 valence electrons. The van der Waals surface area contributed by atoms with Gasteiger partial charge in [-0.25, -0.2) is 9.97 Å². The zero-order valence-corrected chi connectivity index (χ0v) is 11.3. The van der Waals surface area contributed by atoms with Gasteiger partial charge in [-0.3, -0.25) is 0 Å². The summed E-state index contributed by atoms with van der Waals surface area (Å²) in [5.74, 6) is 1.51. The van der Waals surface area contributed by atoms with Crippen LogP contribution in [0.3, 0.4) is 0 Å². The fourth-order valence-electron chi connectivity index (χ4n) is 2.63. The fraction of sp³-hybridized carbons (Fsp3) is 0.667. The molecule has 19 heavy (non-hydrogen) atoms. The lowest BCUT2D eigenvalue weighted by Gasteiger charge is -2.34. The third-order valence-electron chi connectivity index (χ3n) is 3.67. The third kappa shape index (κ3) is 2.61. The number of piperidine rings is 1. The molecule has 7 heteroatoms. The summed E-state index contributed by atoms with van der Waals surface area (Å²) in [6.45, 7) is 3.17. The van der Waals surface area contributed by atoms with Gasteiger partial charge in [0.2, 0.25) is 0 Å². The van der Waals surface area contributed by atoms with Crippen molar-refractivity contribution in [1.29, 1.82) is 0 Å². The Balaban J connectivity index is 1.64. The number of hydrogen-bond donors (Lipinski definition) is 1. The number of aromatic nitrogens is 2. The summed E-state index contributed by atoms with van der Waals surface area (Å²) in [5.41, 5.74) is 5.70. The van der Waals surface area contributed by atoms with Crippen molar-refractivity contribution >= 4 is 23.2 Å². The zero-order chi connectivity index (χ0) is 13.2. The largest absolute Gasteiger partial charge is 0.382 e. The first-order valence-electron chi connectivity index (χ1n) is 6.50. The number of halogens is 1. The molecule has 0 aliphatic carbocycles. The molecule has 2 N–H and O–H groups in total. The maximum Gasteiger partial charge on any atom is 0.160 e. The van der Waals surface area contributed by atoms with Gasteiger partial charge in [0.15, 0.2) is 12.1 Å². The van der Waals surface area contributed by atoms with Gasteiger partial charge in [-0.2, -0.15) is 0 Å². The predicted molar refractivity (Wildman–Crippen MR) is 72.1 cm³/mol. The minimum absolute atomic E-state index is 0.0342.